The second kappa shape index (κ2) is 10.8. The van der Waals surface area contributed by atoms with Crippen molar-refractivity contribution in [1.29, 1.82) is 0 Å². The zero-order valence-electron chi connectivity index (χ0n) is 16.4. The van der Waals surface area contributed by atoms with Crippen LogP contribution in [0, 0.1) is 0 Å². The van der Waals surface area contributed by atoms with Crippen molar-refractivity contribution >= 4 is 17.9 Å². The van der Waals surface area contributed by atoms with Crippen LogP contribution in [-0.4, -0.2) is 25.5 Å². The molecular formula is C22H26N2O4. The summed E-state index contributed by atoms with van der Waals surface area (Å²) in [7, 11) is 1.56. The number of hydrogen-bond acceptors (Lipinski definition) is 4. The molecule has 1 unspecified atom stereocenters. The number of rotatable bonds is 8. The Balaban J connectivity index is 1.76. The maximum atomic E-state index is 11.8. The Morgan fingerprint density at radius 3 is 2.46 bits per heavy atom. The third-order valence-electron chi connectivity index (χ3n) is 4.31. The Kier molecular flexibility index (Phi) is 8.09. The SMILES string of the molecule is CCC(C)c1ccc(OCC(=O)NNC(=O)/C=C/c2ccccc2OC)cc1. The molecule has 0 spiro atoms. The fourth-order valence-corrected chi connectivity index (χ4v) is 2.46. The zero-order valence-corrected chi connectivity index (χ0v) is 16.4. The van der Waals surface area contributed by atoms with Crippen molar-refractivity contribution in [3.05, 3.63) is 65.7 Å². The first-order valence-corrected chi connectivity index (χ1v) is 9.16. The second-order valence-electron chi connectivity index (χ2n) is 6.28. The first kappa shape index (κ1) is 21.0. The number of carbonyl (C=O) groups excluding carboxylic acids is 2. The smallest absolute Gasteiger partial charge is 0.276 e. The van der Waals surface area contributed by atoms with Gasteiger partial charge in [-0.3, -0.25) is 20.4 Å². The van der Waals surface area contributed by atoms with Crippen LogP contribution in [0.2, 0.25) is 0 Å². The fourth-order valence-electron chi connectivity index (χ4n) is 2.46. The summed E-state index contributed by atoms with van der Waals surface area (Å²) < 4.78 is 10.6. The van der Waals surface area contributed by atoms with Crippen LogP contribution < -0.4 is 20.3 Å². The molecule has 2 amide bonds. The lowest BCUT2D eigenvalue weighted by molar-refractivity contribution is -0.128. The summed E-state index contributed by atoms with van der Waals surface area (Å²) in [6.45, 7) is 4.10. The molecule has 0 heterocycles. The van der Waals surface area contributed by atoms with E-state index in [0.717, 1.165) is 12.0 Å². The lowest BCUT2D eigenvalue weighted by atomic mass is 9.99. The lowest BCUT2D eigenvalue weighted by Gasteiger charge is -2.11. The molecule has 2 aromatic carbocycles. The van der Waals surface area contributed by atoms with Gasteiger partial charge in [-0.05, 0) is 42.2 Å². The molecule has 2 rings (SSSR count). The quantitative estimate of drug-likeness (QED) is 0.542. The van der Waals surface area contributed by atoms with Crippen LogP contribution >= 0.6 is 0 Å². The van der Waals surface area contributed by atoms with Gasteiger partial charge in [0.05, 0.1) is 7.11 Å². The van der Waals surface area contributed by atoms with Gasteiger partial charge in [0.2, 0.25) is 0 Å². The molecule has 6 nitrogen and oxygen atoms in total. The predicted octanol–water partition coefficient (Wildman–Crippen LogP) is 3.45. The van der Waals surface area contributed by atoms with E-state index >= 15 is 0 Å². The summed E-state index contributed by atoms with van der Waals surface area (Å²) in [5, 5.41) is 0. The molecule has 1 atom stereocenters. The Bertz CT molecular complexity index is 816. The maximum Gasteiger partial charge on any atom is 0.276 e. The van der Waals surface area contributed by atoms with E-state index in [1.54, 1.807) is 19.3 Å². The number of methoxy groups -OCH3 is 1. The van der Waals surface area contributed by atoms with Crippen LogP contribution in [0.25, 0.3) is 6.08 Å². The highest BCUT2D eigenvalue weighted by atomic mass is 16.5. The molecule has 0 radical (unpaired) electrons. The van der Waals surface area contributed by atoms with E-state index in [-0.39, 0.29) is 6.61 Å². The van der Waals surface area contributed by atoms with Crippen molar-refractivity contribution in [3.8, 4) is 11.5 Å². The van der Waals surface area contributed by atoms with Crippen molar-refractivity contribution in [3.63, 3.8) is 0 Å². The average molecular weight is 382 g/mol. The van der Waals surface area contributed by atoms with Gasteiger partial charge >= 0.3 is 0 Å². The highest BCUT2D eigenvalue weighted by Gasteiger charge is 2.06. The normalized spacial score (nSPS) is 11.7. The van der Waals surface area contributed by atoms with Crippen molar-refractivity contribution < 1.29 is 19.1 Å². The van der Waals surface area contributed by atoms with Gasteiger partial charge in [-0.15, -0.1) is 0 Å². The molecule has 0 bridgehead atoms. The van der Waals surface area contributed by atoms with Gasteiger partial charge < -0.3 is 9.47 Å². The molecular weight excluding hydrogens is 356 g/mol. The van der Waals surface area contributed by atoms with Crippen molar-refractivity contribution in [2.24, 2.45) is 0 Å². The highest BCUT2D eigenvalue weighted by molar-refractivity contribution is 5.93. The van der Waals surface area contributed by atoms with E-state index in [9.17, 15) is 9.59 Å². The van der Waals surface area contributed by atoms with E-state index in [1.807, 2.05) is 42.5 Å². The summed E-state index contributed by atoms with van der Waals surface area (Å²) in [5.74, 6) is 0.826. The van der Waals surface area contributed by atoms with Gasteiger partial charge in [0.25, 0.3) is 11.8 Å². The molecule has 148 valence electrons. The Morgan fingerprint density at radius 2 is 1.79 bits per heavy atom. The topological polar surface area (TPSA) is 76.7 Å². The number of carbonyl (C=O) groups is 2. The molecule has 2 N–H and O–H groups in total. The van der Waals surface area contributed by atoms with E-state index in [0.29, 0.717) is 17.4 Å². The van der Waals surface area contributed by atoms with Gasteiger partial charge in [-0.2, -0.15) is 0 Å². The predicted molar refractivity (Wildman–Crippen MR) is 109 cm³/mol. The molecule has 0 aliphatic carbocycles. The van der Waals surface area contributed by atoms with E-state index in [2.05, 4.69) is 24.7 Å². The minimum absolute atomic E-state index is 0.195. The number of amides is 2. The summed E-state index contributed by atoms with van der Waals surface area (Å²) >= 11 is 0. The lowest BCUT2D eigenvalue weighted by Crippen LogP contribution is -2.43. The van der Waals surface area contributed by atoms with E-state index in [4.69, 9.17) is 9.47 Å². The van der Waals surface area contributed by atoms with Gasteiger partial charge in [-0.1, -0.05) is 44.2 Å². The molecule has 0 fully saturated rings. The number of para-hydroxylation sites is 1. The molecule has 0 aliphatic heterocycles. The Labute approximate surface area is 165 Å². The zero-order chi connectivity index (χ0) is 20.4. The summed E-state index contributed by atoms with van der Waals surface area (Å²) in [6.07, 6.45) is 3.98. The molecule has 0 saturated carbocycles. The Morgan fingerprint density at radius 1 is 1.07 bits per heavy atom. The van der Waals surface area contributed by atoms with Crippen LogP contribution in [0.3, 0.4) is 0 Å². The minimum atomic E-state index is -0.461. The molecule has 0 aliphatic rings. The number of nitrogens with one attached hydrogen (secondary N) is 2. The number of ether oxygens (including phenoxy) is 2. The molecule has 0 aromatic heterocycles. The van der Waals surface area contributed by atoms with Crippen molar-refractivity contribution in [2.75, 3.05) is 13.7 Å². The van der Waals surface area contributed by atoms with Gasteiger partial charge in [0, 0.05) is 11.6 Å². The maximum absolute atomic E-state index is 11.8. The van der Waals surface area contributed by atoms with E-state index in [1.165, 1.54) is 11.6 Å². The van der Waals surface area contributed by atoms with Crippen molar-refractivity contribution in [2.45, 2.75) is 26.2 Å². The molecule has 28 heavy (non-hydrogen) atoms. The third-order valence-corrected chi connectivity index (χ3v) is 4.31. The van der Waals surface area contributed by atoms with Crippen LogP contribution in [0.1, 0.15) is 37.3 Å². The van der Waals surface area contributed by atoms with Gasteiger partial charge in [0.1, 0.15) is 11.5 Å². The monoisotopic (exact) mass is 382 g/mol. The van der Waals surface area contributed by atoms with Crippen LogP contribution in [0.5, 0.6) is 11.5 Å². The standard InChI is InChI=1S/C22H26N2O4/c1-4-16(2)17-9-12-19(13-10-17)28-15-22(26)24-23-21(25)14-11-18-7-5-6-8-20(18)27-3/h5-14,16H,4,15H2,1-3H3,(H,23,25)(H,24,26)/b14-11+. The number of benzene rings is 2. The molecule has 2 aromatic rings. The average Bonchev–Trinajstić information content (AvgIpc) is 2.74. The van der Waals surface area contributed by atoms with Gasteiger partial charge in [0.15, 0.2) is 6.61 Å². The molecule has 0 saturated heterocycles. The Hall–Kier alpha value is -3.28. The number of hydrazine groups is 1. The highest BCUT2D eigenvalue weighted by Crippen LogP contribution is 2.21. The van der Waals surface area contributed by atoms with Gasteiger partial charge in [-0.25, -0.2) is 0 Å². The van der Waals surface area contributed by atoms with Crippen molar-refractivity contribution in [1.82, 2.24) is 10.9 Å². The third kappa shape index (κ3) is 6.46. The first-order valence-electron chi connectivity index (χ1n) is 9.16. The molecule has 6 heteroatoms. The fraction of sp³-hybridized carbons (Fsp3) is 0.273. The largest absolute Gasteiger partial charge is 0.496 e. The number of hydrogen-bond donors (Lipinski definition) is 2. The second-order valence-corrected chi connectivity index (χ2v) is 6.28. The summed E-state index contributed by atoms with van der Waals surface area (Å²) in [6, 6.07) is 15.0. The first-order chi connectivity index (χ1) is 13.5. The van der Waals surface area contributed by atoms with Crippen LogP contribution in [0.4, 0.5) is 0 Å². The van der Waals surface area contributed by atoms with Crippen LogP contribution in [-0.2, 0) is 9.59 Å². The summed E-state index contributed by atoms with van der Waals surface area (Å²) in [4.78, 5) is 23.7. The minimum Gasteiger partial charge on any atom is -0.496 e. The summed E-state index contributed by atoms with van der Waals surface area (Å²) in [5.41, 5.74) is 6.61. The van der Waals surface area contributed by atoms with Crippen LogP contribution in [0.15, 0.2) is 54.6 Å². The van der Waals surface area contributed by atoms with E-state index < -0.39 is 11.8 Å².